The van der Waals surface area contributed by atoms with Gasteiger partial charge in [0.2, 0.25) is 17.6 Å². The Hall–Kier alpha value is -2.28. The molecule has 1 aromatic heterocycles. The number of aromatic nitrogens is 2. The molecule has 7 heteroatoms. The van der Waals surface area contributed by atoms with E-state index < -0.39 is 28.1 Å². The molecule has 0 fully saturated rings. The molecule has 1 heterocycles. The van der Waals surface area contributed by atoms with Gasteiger partial charge in [-0.3, -0.25) is 14.4 Å². The van der Waals surface area contributed by atoms with E-state index >= 15 is 0 Å². The summed E-state index contributed by atoms with van der Waals surface area (Å²) in [6.07, 6.45) is 0. The summed E-state index contributed by atoms with van der Waals surface area (Å²) in [4.78, 5) is 48.6. The summed E-state index contributed by atoms with van der Waals surface area (Å²) in [5, 5.41) is 0. The van der Waals surface area contributed by atoms with Crippen LogP contribution in [-0.2, 0) is 0 Å². The minimum atomic E-state index is -0.828. The number of rotatable bonds is 3. The number of ketones is 1. The van der Waals surface area contributed by atoms with Crippen molar-refractivity contribution in [1.29, 1.82) is 0 Å². The number of carbonyl (C=O) groups is 3. The van der Waals surface area contributed by atoms with E-state index in [2.05, 4.69) is 15.9 Å². The highest BCUT2D eigenvalue weighted by molar-refractivity contribution is 9.09. The summed E-state index contributed by atoms with van der Waals surface area (Å²) in [5.41, 5.74) is -0.414. The van der Waals surface area contributed by atoms with E-state index in [9.17, 15) is 19.2 Å². The van der Waals surface area contributed by atoms with Crippen LogP contribution in [0.2, 0.25) is 0 Å². The highest BCUT2D eigenvalue weighted by atomic mass is 79.9. The molecule has 0 spiro atoms. The fraction of sp³-hybridized carbons (Fsp3) is 0.250. The number of hydrogen-bond acceptors (Lipinski definition) is 4. The Kier molecular flexibility index (Phi) is 4.79. The third kappa shape index (κ3) is 2.96. The summed E-state index contributed by atoms with van der Waals surface area (Å²) in [6, 6.07) is 8.30. The summed E-state index contributed by atoms with van der Waals surface area (Å²) in [7, 11) is 0. The van der Waals surface area contributed by atoms with Crippen LogP contribution in [0.3, 0.4) is 0 Å². The van der Waals surface area contributed by atoms with Crippen molar-refractivity contribution < 1.29 is 14.4 Å². The van der Waals surface area contributed by atoms with Gasteiger partial charge in [-0.2, -0.15) is 0 Å². The van der Waals surface area contributed by atoms with Gasteiger partial charge in [0, 0.05) is 19.4 Å². The quantitative estimate of drug-likeness (QED) is 0.607. The Bertz CT molecular complexity index is 847. The van der Waals surface area contributed by atoms with E-state index in [0.717, 1.165) is 9.13 Å². The minimum absolute atomic E-state index is 0.0896. The molecule has 0 aliphatic carbocycles. The SMILES string of the molecule is CC(=O)n1c(C(=O)c2ccccc2)c(C(C)Br)n(C(C)=O)c1=O. The molecule has 23 heavy (non-hydrogen) atoms. The highest BCUT2D eigenvalue weighted by Crippen LogP contribution is 2.26. The molecule has 0 radical (unpaired) electrons. The number of imidazole rings is 1. The molecule has 2 rings (SSSR count). The summed E-state index contributed by atoms with van der Waals surface area (Å²) in [6.45, 7) is 4.07. The number of benzene rings is 1. The lowest BCUT2D eigenvalue weighted by atomic mass is 10.1. The van der Waals surface area contributed by atoms with Gasteiger partial charge < -0.3 is 0 Å². The van der Waals surface area contributed by atoms with Crippen LogP contribution in [0.4, 0.5) is 0 Å². The standard InChI is InChI=1S/C16H15BrN2O4/c1-9(17)13-14(15(22)12-7-5-4-6-8-12)19(11(3)21)16(23)18(13)10(2)20/h4-9H,1-3H3. The van der Waals surface area contributed by atoms with Gasteiger partial charge in [-0.15, -0.1) is 0 Å². The normalized spacial score (nSPS) is 12.0. The lowest BCUT2D eigenvalue weighted by Crippen LogP contribution is -2.31. The summed E-state index contributed by atoms with van der Waals surface area (Å²) >= 11 is 3.30. The van der Waals surface area contributed by atoms with Crippen molar-refractivity contribution in [3.8, 4) is 0 Å². The van der Waals surface area contributed by atoms with Gasteiger partial charge in [0.15, 0.2) is 0 Å². The van der Waals surface area contributed by atoms with Crippen LogP contribution >= 0.6 is 15.9 Å². The van der Waals surface area contributed by atoms with Gasteiger partial charge in [0.05, 0.1) is 10.5 Å². The zero-order valence-electron chi connectivity index (χ0n) is 12.9. The van der Waals surface area contributed by atoms with Crippen molar-refractivity contribution in [2.75, 3.05) is 0 Å². The molecule has 0 N–H and O–H groups in total. The first kappa shape index (κ1) is 17.1. The first-order chi connectivity index (χ1) is 10.8. The molecule has 0 aliphatic heterocycles. The fourth-order valence-electron chi connectivity index (χ4n) is 2.43. The molecule has 1 unspecified atom stereocenters. The summed E-state index contributed by atoms with van der Waals surface area (Å²) in [5.74, 6) is -1.67. The minimum Gasteiger partial charge on any atom is -0.287 e. The highest BCUT2D eigenvalue weighted by Gasteiger charge is 2.31. The van der Waals surface area contributed by atoms with E-state index in [4.69, 9.17) is 0 Å². The molecular weight excluding hydrogens is 364 g/mol. The van der Waals surface area contributed by atoms with E-state index in [1.54, 1.807) is 37.3 Å². The molecule has 0 saturated carbocycles. The van der Waals surface area contributed by atoms with Crippen LogP contribution in [0.25, 0.3) is 0 Å². The molecule has 0 bridgehead atoms. The second-order valence-electron chi connectivity index (χ2n) is 5.04. The van der Waals surface area contributed by atoms with E-state index in [1.165, 1.54) is 13.8 Å². The topological polar surface area (TPSA) is 78.1 Å². The monoisotopic (exact) mass is 378 g/mol. The lowest BCUT2D eigenvalue weighted by Gasteiger charge is -2.09. The van der Waals surface area contributed by atoms with Crippen molar-refractivity contribution >= 4 is 33.5 Å². The number of halogens is 1. The second kappa shape index (κ2) is 6.45. The van der Waals surface area contributed by atoms with Crippen molar-refractivity contribution in [3.63, 3.8) is 0 Å². The first-order valence-electron chi connectivity index (χ1n) is 6.90. The average molecular weight is 379 g/mol. The van der Waals surface area contributed by atoms with E-state index in [1.807, 2.05) is 0 Å². The molecule has 0 aliphatic rings. The zero-order chi connectivity index (χ0) is 17.3. The predicted octanol–water partition coefficient (Wildman–Crippen LogP) is 2.66. The maximum absolute atomic E-state index is 12.8. The van der Waals surface area contributed by atoms with Crippen molar-refractivity contribution in [3.05, 3.63) is 57.8 Å². The Morgan fingerprint density at radius 2 is 1.52 bits per heavy atom. The van der Waals surface area contributed by atoms with E-state index in [0.29, 0.717) is 5.56 Å². The molecule has 1 atom stereocenters. The maximum atomic E-state index is 12.8. The molecule has 0 amide bonds. The van der Waals surface area contributed by atoms with Crippen LogP contribution in [0.5, 0.6) is 0 Å². The van der Waals surface area contributed by atoms with Crippen molar-refractivity contribution in [1.82, 2.24) is 9.13 Å². The third-order valence-corrected chi connectivity index (χ3v) is 3.78. The van der Waals surface area contributed by atoms with Gasteiger partial charge >= 0.3 is 5.69 Å². The Morgan fingerprint density at radius 1 is 1.00 bits per heavy atom. The largest absolute Gasteiger partial charge is 0.342 e. The zero-order valence-corrected chi connectivity index (χ0v) is 14.5. The second-order valence-corrected chi connectivity index (χ2v) is 6.41. The van der Waals surface area contributed by atoms with Gasteiger partial charge in [-0.25, -0.2) is 13.9 Å². The molecule has 1 aromatic carbocycles. The molecule has 6 nitrogen and oxygen atoms in total. The van der Waals surface area contributed by atoms with Gasteiger partial charge in [0.25, 0.3) is 0 Å². The average Bonchev–Trinajstić information content (AvgIpc) is 2.81. The molecule has 0 saturated heterocycles. The van der Waals surface area contributed by atoms with Gasteiger partial charge in [-0.05, 0) is 6.92 Å². The van der Waals surface area contributed by atoms with E-state index in [-0.39, 0.29) is 11.4 Å². The Balaban J connectivity index is 2.88. The van der Waals surface area contributed by atoms with Crippen LogP contribution < -0.4 is 5.69 Å². The van der Waals surface area contributed by atoms with Crippen molar-refractivity contribution in [2.24, 2.45) is 0 Å². The fourth-order valence-corrected chi connectivity index (χ4v) is 2.85. The Morgan fingerprint density at radius 3 is 1.96 bits per heavy atom. The van der Waals surface area contributed by atoms with Crippen LogP contribution in [0.1, 0.15) is 56.9 Å². The predicted molar refractivity (Wildman–Crippen MR) is 88.5 cm³/mol. The molecular formula is C16H15BrN2O4. The lowest BCUT2D eigenvalue weighted by molar-refractivity contribution is 0.0905. The summed E-state index contributed by atoms with van der Waals surface area (Å²) < 4.78 is 1.61. The number of carbonyl (C=O) groups excluding carboxylic acids is 3. The third-order valence-electron chi connectivity index (χ3n) is 3.35. The number of hydrogen-bond donors (Lipinski definition) is 0. The smallest absolute Gasteiger partial charge is 0.287 e. The number of nitrogens with zero attached hydrogens (tertiary/aromatic N) is 2. The maximum Gasteiger partial charge on any atom is 0.342 e. The number of alkyl halides is 1. The van der Waals surface area contributed by atoms with Crippen LogP contribution in [0, 0.1) is 0 Å². The van der Waals surface area contributed by atoms with Crippen LogP contribution in [0.15, 0.2) is 35.1 Å². The molecule has 120 valence electrons. The molecule has 2 aromatic rings. The van der Waals surface area contributed by atoms with Gasteiger partial charge in [-0.1, -0.05) is 46.3 Å². The van der Waals surface area contributed by atoms with Crippen LogP contribution in [-0.4, -0.2) is 26.7 Å². The Labute approximate surface area is 140 Å². The van der Waals surface area contributed by atoms with Crippen molar-refractivity contribution in [2.45, 2.75) is 25.6 Å². The first-order valence-corrected chi connectivity index (χ1v) is 7.82. The van der Waals surface area contributed by atoms with Gasteiger partial charge in [0.1, 0.15) is 5.69 Å².